The van der Waals surface area contributed by atoms with Crippen molar-refractivity contribution >= 4 is 38.9 Å². The minimum Gasteiger partial charge on any atom is -0.387 e. The fourth-order valence-electron chi connectivity index (χ4n) is 1.50. The summed E-state index contributed by atoms with van der Waals surface area (Å²) in [5.74, 6) is 0.460. The predicted octanol–water partition coefficient (Wildman–Crippen LogP) is 4.00. The second-order valence-electron chi connectivity index (χ2n) is 3.41. The molecule has 1 unspecified atom stereocenters. The first-order valence-corrected chi connectivity index (χ1v) is 6.30. The van der Waals surface area contributed by atoms with E-state index in [4.69, 9.17) is 11.6 Å². The van der Waals surface area contributed by atoms with Crippen molar-refractivity contribution in [1.82, 2.24) is 0 Å². The monoisotopic (exact) mass is 280 g/mol. The molecule has 1 saturated carbocycles. The molecule has 1 fully saturated rings. The molecule has 1 N–H and O–H groups in total. The van der Waals surface area contributed by atoms with E-state index < -0.39 is 0 Å². The van der Waals surface area contributed by atoms with Gasteiger partial charge in [-0.1, -0.05) is 18.0 Å². The van der Waals surface area contributed by atoms with E-state index in [1.165, 1.54) is 17.8 Å². The molecular formula is C9H10BrClOS. The summed E-state index contributed by atoms with van der Waals surface area (Å²) in [4.78, 5) is 0.988. The van der Waals surface area contributed by atoms with Gasteiger partial charge in [0.05, 0.1) is 14.9 Å². The Morgan fingerprint density at radius 2 is 2.31 bits per heavy atom. The summed E-state index contributed by atoms with van der Waals surface area (Å²) in [7, 11) is 0. The number of aliphatic hydroxyl groups is 1. The lowest BCUT2D eigenvalue weighted by molar-refractivity contribution is 0.0650. The summed E-state index contributed by atoms with van der Waals surface area (Å²) in [5, 5.41) is 10.6. The van der Waals surface area contributed by atoms with Crippen molar-refractivity contribution in [3.63, 3.8) is 0 Å². The molecule has 2 rings (SSSR count). The Labute approximate surface area is 94.9 Å². The third-order valence-electron chi connectivity index (χ3n) is 2.55. The Hall–Kier alpha value is 0.430. The van der Waals surface area contributed by atoms with E-state index in [1.54, 1.807) is 0 Å². The van der Waals surface area contributed by atoms with Gasteiger partial charge in [0.1, 0.15) is 0 Å². The highest BCUT2D eigenvalue weighted by Crippen LogP contribution is 2.43. The lowest BCUT2D eigenvalue weighted by Crippen LogP contribution is -2.19. The molecule has 0 bridgehead atoms. The Balaban J connectivity index is 2.14. The minimum absolute atomic E-state index is 0.303. The maximum absolute atomic E-state index is 9.91. The van der Waals surface area contributed by atoms with Crippen LogP contribution in [0.15, 0.2) is 9.85 Å². The summed E-state index contributed by atoms with van der Waals surface area (Å²) in [6.45, 7) is 0. The number of thiophene rings is 1. The van der Waals surface area contributed by atoms with E-state index >= 15 is 0 Å². The molecule has 0 radical (unpaired) electrons. The minimum atomic E-state index is -0.303. The molecule has 0 aromatic carbocycles. The van der Waals surface area contributed by atoms with Gasteiger partial charge in [0.25, 0.3) is 0 Å². The number of hydrogen-bond donors (Lipinski definition) is 1. The molecule has 0 spiro atoms. The normalized spacial score (nSPS) is 19.9. The van der Waals surface area contributed by atoms with Gasteiger partial charge in [-0.05, 0) is 40.8 Å². The van der Waals surface area contributed by atoms with Crippen molar-refractivity contribution in [3.8, 4) is 0 Å². The third-order valence-corrected chi connectivity index (χ3v) is 5.10. The van der Waals surface area contributed by atoms with Gasteiger partial charge >= 0.3 is 0 Å². The molecule has 0 aliphatic heterocycles. The van der Waals surface area contributed by atoms with Crippen LogP contribution in [0.1, 0.15) is 30.2 Å². The summed E-state index contributed by atoms with van der Waals surface area (Å²) < 4.78 is 0.919. The second-order valence-corrected chi connectivity index (χ2v) is 6.22. The maximum Gasteiger partial charge on any atom is 0.0910 e. The molecule has 1 aliphatic carbocycles. The SMILES string of the molecule is OC(c1cc(Cl)c(Br)s1)C1CCC1. The Kier molecular flexibility index (Phi) is 2.98. The maximum atomic E-state index is 9.91. The fraction of sp³-hybridized carbons (Fsp3) is 0.556. The molecule has 72 valence electrons. The Bertz CT molecular complexity index is 289. The lowest BCUT2D eigenvalue weighted by Gasteiger charge is -2.29. The number of aliphatic hydroxyl groups excluding tert-OH is 1. The van der Waals surface area contributed by atoms with Crippen LogP contribution in [0.5, 0.6) is 0 Å². The predicted molar refractivity (Wildman–Crippen MR) is 59.3 cm³/mol. The summed E-state index contributed by atoms with van der Waals surface area (Å²) in [5.41, 5.74) is 0. The zero-order chi connectivity index (χ0) is 9.42. The average Bonchev–Trinajstić information content (AvgIpc) is 2.28. The van der Waals surface area contributed by atoms with Gasteiger partial charge in [-0.2, -0.15) is 0 Å². The van der Waals surface area contributed by atoms with Crippen LogP contribution in [0, 0.1) is 5.92 Å². The van der Waals surface area contributed by atoms with Crippen LogP contribution in [-0.4, -0.2) is 5.11 Å². The summed E-state index contributed by atoms with van der Waals surface area (Å²) in [6.07, 6.45) is 3.24. The summed E-state index contributed by atoms with van der Waals surface area (Å²) >= 11 is 10.8. The Morgan fingerprint density at radius 1 is 1.62 bits per heavy atom. The van der Waals surface area contributed by atoms with Crippen LogP contribution in [0.25, 0.3) is 0 Å². The van der Waals surface area contributed by atoms with Crippen LogP contribution in [0.4, 0.5) is 0 Å². The van der Waals surface area contributed by atoms with Gasteiger partial charge < -0.3 is 5.11 Å². The van der Waals surface area contributed by atoms with E-state index in [0.29, 0.717) is 10.9 Å². The molecule has 0 saturated heterocycles. The molecule has 13 heavy (non-hydrogen) atoms. The van der Waals surface area contributed by atoms with Crippen molar-refractivity contribution in [2.24, 2.45) is 5.92 Å². The van der Waals surface area contributed by atoms with Crippen molar-refractivity contribution in [3.05, 3.63) is 19.8 Å². The van der Waals surface area contributed by atoms with Gasteiger partial charge in [0.15, 0.2) is 0 Å². The van der Waals surface area contributed by atoms with E-state index in [-0.39, 0.29) is 6.10 Å². The fourth-order valence-corrected chi connectivity index (χ4v) is 3.32. The number of halogens is 2. The van der Waals surface area contributed by atoms with E-state index in [0.717, 1.165) is 21.5 Å². The zero-order valence-corrected chi connectivity index (χ0v) is 10.1. The molecule has 4 heteroatoms. The van der Waals surface area contributed by atoms with Crippen molar-refractivity contribution in [2.75, 3.05) is 0 Å². The Morgan fingerprint density at radius 3 is 2.69 bits per heavy atom. The van der Waals surface area contributed by atoms with Gasteiger partial charge in [0, 0.05) is 4.88 Å². The van der Waals surface area contributed by atoms with E-state index in [9.17, 15) is 5.11 Å². The second kappa shape index (κ2) is 3.89. The number of rotatable bonds is 2. The lowest BCUT2D eigenvalue weighted by atomic mass is 9.81. The summed E-state index contributed by atoms with van der Waals surface area (Å²) in [6, 6.07) is 1.86. The smallest absolute Gasteiger partial charge is 0.0910 e. The van der Waals surface area contributed by atoms with Crippen LogP contribution in [-0.2, 0) is 0 Å². The van der Waals surface area contributed by atoms with Crippen molar-refractivity contribution in [2.45, 2.75) is 25.4 Å². The zero-order valence-electron chi connectivity index (χ0n) is 6.96. The van der Waals surface area contributed by atoms with Crippen LogP contribution in [0.3, 0.4) is 0 Å². The first kappa shape index (κ1) is 9.97. The molecule has 1 aromatic heterocycles. The topological polar surface area (TPSA) is 20.2 Å². The molecule has 1 aromatic rings. The van der Waals surface area contributed by atoms with Gasteiger partial charge in [0.2, 0.25) is 0 Å². The van der Waals surface area contributed by atoms with Crippen molar-refractivity contribution < 1.29 is 5.11 Å². The molecule has 0 amide bonds. The van der Waals surface area contributed by atoms with Crippen LogP contribution in [0.2, 0.25) is 5.02 Å². The van der Waals surface area contributed by atoms with Crippen LogP contribution >= 0.6 is 38.9 Å². The first-order chi connectivity index (χ1) is 6.18. The van der Waals surface area contributed by atoms with Crippen molar-refractivity contribution in [1.29, 1.82) is 0 Å². The largest absolute Gasteiger partial charge is 0.387 e. The van der Waals surface area contributed by atoms with E-state index in [1.807, 2.05) is 6.07 Å². The highest BCUT2D eigenvalue weighted by Gasteiger charge is 2.28. The quantitative estimate of drug-likeness (QED) is 0.869. The average molecular weight is 282 g/mol. The number of hydrogen-bond acceptors (Lipinski definition) is 2. The molecule has 1 atom stereocenters. The standard InChI is InChI=1S/C9H10BrClOS/c10-9-6(11)4-7(13-9)8(12)5-2-1-3-5/h4-5,8,12H,1-3H2. The van der Waals surface area contributed by atoms with Gasteiger partial charge in [-0.25, -0.2) is 0 Å². The highest BCUT2D eigenvalue weighted by molar-refractivity contribution is 9.11. The van der Waals surface area contributed by atoms with Gasteiger partial charge in [-0.15, -0.1) is 11.3 Å². The molecule has 1 nitrogen and oxygen atoms in total. The first-order valence-electron chi connectivity index (χ1n) is 4.31. The van der Waals surface area contributed by atoms with Gasteiger partial charge in [-0.3, -0.25) is 0 Å². The molecule has 1 aliphatic rings. The third kappa shape index (κ3) is 1.94. The molecular weight excluding hydrogens is 272 g/mol. The van der Waals surface area contributed by atoms with Crippen LogP contribution < -0.4 is 0 Å². The van der Waals surface area contributed by atoms with E-state index in [2.05, 4.69) is 15.9 Å². The molecule has 1 heterocycles. The highest BCUT2D eigenvalue weighted by atomic mass is 79.9.